The summed E-state index contributed by atoms with van der Waals surface area (Å²) in [4.78, 5) is 0. The van der Waals surface area contributed by atoms with Crippen LogP contribution in [0.1, 0.15) is 30.9 Å². The molecule has 0 bridgehead atoms. The Kier molecular flexibility index (Phi) is 13.7. The molecule has 328 valence electrons. The fourth-order valence-electron chi connectivity index (χ4n) is 6.51. The van der Waals surface area contributed by atoms with Gasteiger partial charge in [0, 0.05) is 0 Å². The first kappa shape index (κ1) is 47.8. The van der Waals surface area contributed by atoms with Gasteiger partial charge < -0.3 is 0 Å². The standard InChI is InChI=1S/C24BF20.C16H18I/c26-5-1(6(27)14(35)21(42)13(5)34)25(2-7(28)15(36)22(43)16(37)8(2)29,3-9(30)17(38)23(44)18(39)10(3)31)4-11(32)19(40)24(45)20(41)12(4)33;1-12(2)14-6-10-16(11-7-14)17-15-8-4-13(3)5-9-15/h;4-12H,1-3H3/q-1;+1. The van der Waals surface area contributed by atoms with E-state index in [-0.39, 0.29) is 21.2 Å². The lowest BCUT2D eigenvalue weighted by Crippen LogP contribution is -3.61. The van der Waals surface area contributed by atoms with Crippen LogP contribution >= 0.6 is 0 Å². The van der Waals surface area contributed by atoms with Gasteiger partial charge >= 0.3 is 21.2 Å². The highest BCUT2D eigenvalue weighted by atomic mass is 127. The summed E-state index contributed by atoms with van der Waals surface area (Å²) in [5.41, 5.74) is -11.6. The number of hydrogen-bond donors (Lipinski definition) is 0. The first-order chi connectivity index (χ1) is 28.8. The van der Waals surface area contributed by atoms with Crippen molar-refractivity contribution in [3.05, 3.63) is 183 Å². The van der Waals surface area contributed by atoms with E-state index in [0.717, 1.165) is 0 Å². The van der Waals surface area contributed by atoms with Gasteiger partial charge in [0.2, 0.25) is 0 Å². The Morgan fingerprint density at radius 2 is 0.500 bits per heavy atom. The van der Waals surface area contributed by atoms with Crippen molar-refractivity contribution in [1.29, 1.82) is 0 Å². The van der Waals surface area contributed by atoms with Crippen LogP contribution in [-0.4, -0.2) is 6.15 Å². The van der Waals surface area contributed by atoms with Crippen LogP contribution in [0.4, 0.5) is 87.8 Å². The average molecular weight is 1020 g/mol. The van der Waals surface area contributed by atoms with E-state index in [0.29, 0.717) is 5.92 Å². The summed E-state index contributed by atoms with van der Waals surface area (Å²) in [6.45, 7) is 6.62. The van der Waals surface area contributed by atoms with Crippen molar-refractivity contribution in [1.82, 2.24) is 0 Å². The predicted molar refractivity (Wildman–Crippen MR) is 178 cm³/mol. The third kappa shape index (κ3) is 7.75. The maximum Gasteiger partial charge on any atom is 0.357 e. The summed E-state index contributed by atoms with van der Waals surface area (Å²) in [6, 6.07) is 18.1. The molecule has 0 aliphatic rings. The molecule has 6 rings (SSSR count). The molecule has 6 aromatic rings. The topological polar surface area (TPSA) is 0 Å². The summed E-state index contributed by atoms with van der Waals surface area (Å²) in [7, 11) is 0. The highest BCUT2D eigenvalue weighted by Gasteiger charge is 2.52. The predicted octanol–water partition coefficient (Wildman–Crippen LogP) is 7.09. The fraction of sp³-hybridized carbons (Fsp3) is 0.100. The zero-order valence-electron chi connectivity index (χ0n) is 30.7. The van der Waals surface area contributed by atoms with Crippen LogP contribution in [0.25, 0.3) is 0 Å². The molecule has 0 amide bonds. The van der Waals surface area contributed by atoms with Gasteiger partial charge in [0.05, 0.1) is 0 Å². The van der Waals surface area contributed by atoms with E-state index in [1.165, 1.54) is 18.3 Å². The van der Waals surface area contributed by atoms with E-state index in [4.69, 9.17) is 0 Å². The minimum absolute atomic E-state index is 0.0167. The van der Waals surface area contributed by atoms with Crippen molar-refractivity contribution in [3.8, 4) is 0 Å². The Morgan fingerprint density at radius 1 is 0.306 bits per heavy atom. The molecule has 0 spiro atoms. The summed E-state index contributed by atoms with van der Waals surface area (Å²) < 4.78 is 297. The van der Waals surface area contributed by atoms with Gasteiger partial charge in [-0.1, -0.05) is 43.7 Å². The lowest BCUT2D eigenvalue weighted by molar-refractivity contribution is -0.597. The maximum atomic E-state index is 15.4. The van der Waals surface area contributed by atoms with Gasteiger partial charge in [0.1, 0.15) is 52.7 Å². The van der Waals surface area contributed by atoms with E-state index in [2.05, 4.69) is 69.3 Å². The van der Waals surface area contributed by atoms with Crippen molar-refractivity contribution in [2.45, 2.75) is 26.7 Å². The number of aryl methyl sites for hydroxylation is 1. The van der Waals surface area contributed by atoms with E-state index in [9.17, 15) is 52.7 Å². The molecular formula is C40H18BF20I. The molecule has 0 saturated heterocycles. The second-order valence-electron chi connectivity index (χ2n) is 13.4. The van der Waals surface area contributed by atoms with Crippen molar-refractivity contribution < 1.29 is 109 Å². The molecule has 0 aliphatic heterocycles. The van der Waals surface area contributed by atoms with E-state index >= 15 is 35.1 Å². The minimum atomic E-state index is -7.22. The number of benzene rings is 6. The van der Waals surface area contributed by atoms with Crippen molar-refractivity contribution in [3.63, 3.8) is 0 Å². The normalized spacial score (nSPS) is 11.7. The van der Waals surface area contributed by atoms with Gasteiger partial charge in [0.25, 0.3) is 0 Å². The summed E-state index contributed by atoms with van der Waals surface area (Å²) in [6.07, 6.45) is -7.22. The molecule has 0 atom stereocenters. The monoisotopic (exact) mass is 1020 g/mol. The van der Waals surface area contributed by atoms with Crippen LogP contribution in [0.2, 0.25) is 0 Å². The van der Waals surface area contributed by atoms with E-state index < -0.39 is 144 Å². The Bertz CT molecular complexity index is 2360. The first-order valence-electron chi connectivity index (χ1n) is 16.9. The largest absolute Gasteiger partial charge is 0.357 e. The molecule has 0 unspecified atom stereocenters. The summed E-state index contributed by atoms with van der Waals surface area (Å²) in [5, 5.41) is 0. The molecule has 0 saturated carbocycles. The number of halogens is 21. The van der Waals surface area contributed by atoms with Crippen molar-refractivity contribution in [2.24, 2.45) is 0 Å². The maximum absolute atomic E-state index is 15.4. The van der Waals surface area contributed by atoms with Crippen molar-refractivity contribution in [2.75, 3.05) is 0 Å². The quantitative estimate of drug-likeness (QED) is 0.0528. The molecule has 0 nitrogen and oxygen atoms in total. The highest BCUT2D eigenvalue weighted by Crippen LogP contribution is 2.30. The number of hydrogen-bond acceptors (Lipinski definition) is 0. The molecule has 0 fully saturated rings. The molecule has 0 aliphatic carbocycles. The Labute approximate surface area is 346 Å². The van der Waals surface area contributed by atoms with Gasteiger partial charge in [-0.15, -0.1) is 21.9 Å². The zero-order chi connectivity index (χ0) is 46.6. The molecule has 62 heavy (non-hydrogen) atoms. The molecule has 0 aromatic heterocycles. The summed E-state index contributed by atoms with van der Waals surface area (Å²) >= 11 is -0.0167. The molecular weight excluding hydrogens is 998 g/mol. The van der Waals surface area contributed by atoms with Crippen LogP contribution in [-0.2, 0) is 0 Å². The number of rotatable bonds is 7. The Morgan fingerprint density at radius 3 is 0.710 bits per heavy atom. The average Bonchev–Trinajstić information content (AvgIpc) is 3.24. The van der Waals surface area contributed by atoms with Crippen molar-refractivity contribution >= 4 is 28.0 Å². The third-order valence-corrected chi connectivity index (χ3v) is 12.2. The molecule has 22 heteroatoms. The lowest BCUT2D eigenvalue weighted by Gasteiger charge is -2.44. The molecule has 0 N–H and O–H groups in total. The van der Waals surface area contributed by atoms with Crippen LogP contribution < -0.4 is 43.1 Å². The highest BCUT2D eigenvalue weighted by molar-refractivity contribution is 7.20. The van der Waals surface area contributed by atoms with Gasteiger partial charge in [-0.25, -0.2) is 87.8 Å². The van der Waals surface area contributed by atoms with Gasteiger partial charge in [-0.3, -0.25) is 0 Å². The van der Waals surface area contributed by atoms with Gasteiger partial charge in [-0.05, 0) is 42.7 Å². The van der Waals surface area contributed by atoms with Crippen LogP contribution in [0, 0.1) is 130 Å². The zero-order valence-corrected chi connectivity index (χ0v) is 32.9. The minimum Gasteiger partial charge on any atom is -0.207 e. The first-order valence-corrected chi connectivity index (χ1v) is 19.1. The van der Waals surface area contributed by atoms with E-state index in [1.54, 1.807) is 0 Å². The van der Waals surface area contributed by atoms with Gasteiger partial charge in [0.15, 0.2) is 76.9 Å². The summed E-state index contributed by atoms with van der Waals surface area (Å²) in [5.74, 6) is -70.8. The van der Waals surface area contributed by atoms with E-state index in [1.807, 2.05) is 0 Å². The smallest absolute Gasteiger partial charge is 0.207 e. The Hall–Kier alpha value is -5.29. The molecule has 6 aromatic carbocycles. The van der Waals surface area contributed by atoms with Crippen LogP contribution in [0.5, 0.6) is 0 Å². The fourth-order valence-corrected chi connectivity index (χ4v) is 8.66. The Balaban J connectivity index is 0.000000355. The second kappa shape index (κ2) is 17.8. The third-order valence-electron chi connectivity index (χ3n) is 9.47. The SMILES string of the molecule is Cc1ccc([I+]c2ccc(C(C)C)cc2)cc1.Fc1c(F)c(F)c([B-](c2c(F)c(F)c(F)c(F)c2F)(c2c(F)c(F)c(F)c(F)c2F)c2c(F)c(F)c(F)c(F)c2F)c(F)c1F. The van der Waals surface area contributed by atoms with Crippen LogP contribution in [0.3, 0.4) is 0 Å². The lowest BCUT2D eigenvalue weighted by atomic mass is 9.12. The van der Waals surface area contributed by atoms with Gasteiger partial charge in [-0.2, -0.15) is 0 Å². The molecule has 0 radical (unpaired) electrons. The second-order valence-corrected chi connectivity index (χ2v) is 16.4. The molecule has 0 heterocycles. The van der Waals surface area contributed by atoms with Crippen LogP contribution in [0.15, 0.2) is 48.5 Å².